The van der Waals surface area contributed by atoms with E-state index in [-0.39, 0.29) is 13.2 Å². The fourth-order valence-electron chi connectivity index (χ4n) is 5.42. The zero-order chi connectivity index (χ0) is 30.7. The summed E-state index contributed by atoms with van der Waals surface area (Å²) in [5.41, 5.74) is 0. The van der Waals surface area contributed by atoms with Crippen LogP contribution in [0.4, 0.5) is 0 Å². The monoisotopic (exact) mass is 610 g/mol. The molecule has 10 atom stereocenters. The van der Waals surface area contributed by atoms with Gasteiger partial charge in [-0.15, -0.1) is 0 Å². The van der Waals surface area contributed by atoms with Crippen molar-refractivity contribution >= 4 is 0 Å². The molecule has 2 rings (SSSR count). The Morgan fingerprint density at radius 2 is 1.00 bits per heavy atom. The zero-order valence-corrected chi connectivity index (χ0v) is 25.4. The SMILES string of the molecule is CCCCCCCCCCCCCCCCOCCO[C@H]1O[C@H](CO)[C@@H](O[C@H]2O[C@H](CO)[C@@H](O)[C@H](O)[C@H]2O)[C@H](O)[C@H]1O. The maximum absolute atomic E-state index is 10.6. The van der Waals surface area contributed by atoms with Gasteiger partial charge in [-0.25, -0.2) is 0 Å². The summed E-state index contributed by atoms with van der Waals surface area (Å²) in [6, 6.07) is 0. The van der Waals surface area contributed by atoms with Crippen molar-refractivity contribution in [2.24, 2.45) is 0 Å². The van der Waals surface area contributed by atoms with Gasteiger partial charge in [0, 0.05) is 6.61 Å². The molecule has 0 bridgehead atoms. The van der Waals surface area contributed by atoms with Gasteiger partial charge < -0.3 is 59.4 Å². The van der Waals surface area contributed by atoms with Crippen LogP contribution in [-0.4, -0.2) is 130 Å². The third kappa shape index (κ3) is 12.9. The minimum Gasteiger partial charge on any atom is -0.394 e. The first-order chi connectivity index (χ1) is 20.3. The maximum atomic E-state index is 10.6. The van der Waals surface area contributed by atoms with Crippen molar-refractivity contribution in [1.82, 2.24) is 0 Å². The summed E-state index contributed by atoms with van der Waals surface area (Å²) in [4.78, 5) is 0. The fourth-order valence-corrected chi connectivity index (χ4v) is 5.42. The highest BCUT2D eigenvalue weighted by molar-refractivity contribution is 4.94. The highest BCUT2D eigenvalue weighted by Gasteiger charge is 2.50. The van der Waals surface area contributed by atoms with E-state index in [4.69, 9.17) is 23.7 Å². The van der Waals surface area contributed by atoms with Crippen LogP contribution in [0, 0.1) is 0 Å². The molecule has 0 spiro atoms. The van der Waals surface area contributed by atoms with Gasteiger partial charge >= 0.3 is 0 Å². The van der Waals surface area contributed by atoms with Crippen LogP contribution in [0.25, 0.3) is 0 Å². The van der Waals surface area contributed by atoms with Crippen molar-refractivity contribution in [3.05, 3.63) is 0 Å². The van der Waals surface area contributed by atoms with E-state index in [0.717, 1.165) is 12.8 Å². The molecule has 42 heavy (non-hydrogen) atoms. The second-order valence-corrected chi connectivity index (χ2v) is 11.6. The summed E-state index contributed by atoms with van der Waals surface area (Å²) in [6.07, 6.45) is 3.41. The lowest BCUT2D eigenvalue weighted by molar-refractivity contribution is -0.359. The molecule has 2 heterocycles. The summed E-state index contributed by atoms with van der Waals surface area (Å²) >= 11 is 0. The lowest BCUT2D eigenvalue weighted by atomic mass is 9.97. The molecule has 0 radical (unpaired) electrons. The molecule has 2 saturated heterocycles. The maximum Gasteiger partial charge on any atom is 0.187 e. The Balaban J connectivity index is 1.54. The number of hydrogen-bond acceptors (Lipinski definition) is 12. The van der Waals surface area contributed by atoms with E-state index in [2.05, 4.69) is 6.92 Å². The topological polar surface area (TPSA) is 188 Å². The lowest BCUT2D eigenvalue weighted by Gasteiger charge is -2.45. The fraction of sp³-hybridized carbons (Fsp3) is 1.00. The van der Waals surface area contributed by atoms with Gasteiger partial charge in [-0.2, -0.15) is 0 Å². The van der Waals surface area contributed by atoms with Crippen molar-refractivity contribution in [2.45, 2.75) is 158 Å². The molecule has 0 aromatic rings. The van der Waals surface area contributed by atoms with Crippen LogP contribution >= 0.6 is 0 Å². The molecule has 12 heteroatoms. The predicted octanol–water partition coefficient (Wildman–Crippen LogP) is 1.13. The molecule has 0 aliphatic carbocycles. The predicted molar refractivity (Wildman–Crippen MR) is 153 cm³/mol. The summed E-state index contributed by atoms with van der Waals surface area (Å²) in [5.74, 6) is 0. The Hall–Kier alpha value is -0.480. The van der Waals surface area contributed by atoms with E-state index in [1.165, 1.54) is 77.0 Å². The first-order valence-corrected chi connectivity index (χ1v) is 16.1. The van der Waals surface area contributed by atoms with Gasteiger partial charge in [0.05, 0.1) is 26.4 Å². The summed E-state index contributed by atoms with van der Waals surface area (Å²) < 4.78 is 27.6. The van der Waals surface area contributed by atoms with Gasteiger partial charge in [0.15, 0.2) is 12.6 Å². The Labute approximate surface area is 250 Å². The molecule has 12 nitrogen and oxygen atoms in total. The number of rotatable bonds is 23. The van der Waals surface area contributed by atoms with E-state index in [9.17, 15) is 35.7 Å². The lowest BCUT2D eigenvalue weighted by Crippen LogP contribution is -2.64. The van der Waals surface area contributed by atoms with Crippen molar-refractivity contribution in [1.29, 1.82) is 0 Å². The van der Waals surface area contributed by atoms with Crippen molar-refractivity contribution in [3.8, 4) is 0 Å². The van der Waals surface area contributed by atoms with E-state index >= 15 is 0 Å². The summed E-state index contributed by atoms with van der Waals surface area (Å²) in [5, 5.41) is 70.4. The normalized spacial score (nSPS) is 33.7. The van der Waals surface area contributed by atoms with Crippen molar-refractivity contribution in [3.63, 3.8) is 0 Å². The zero-order valence-electron chi connectivity index (χ0n) is 25.4. The molecule has 0 aromatic carbocycles. The second kappa shape index (κ2) is 22.1. The summed E-state index contributed by atoms with van der Waals surface area (Å²) in [7, 11) is 0. The first-order valence-electron chi connectivity index (χ1n) is 16.1. The van der Waals surface area contributed by atoms with E-state index < -0.39 is 74.6 Å². The number of ether oxygens (including phenoxy) is 5. The average molecular weight is 611 g/mol. The molecule has 250 valence electrons. The molecular weight excluding hydrogens is 552 g/mol. The van der Waals surface area contributed by atoms with E-state index in [0.29, 0.717) is 6.61 Å². The van der Waals surface area contributed by atoms with Crippen LogP contribution in [0.3, 0.4) is 0 Å². The number of aliphatic hydroxyl groups is 7. The smallest absolute Gasteiger partial charge is 0.187 e. The van der Waals surface area contributed by atoms with Gasteiger partial charge in [-0.3, -0.25) is 0 Å². The van der Waals surface area contributed by atoms with Crippen LogP contribution < -0.4 is 0 Å². The summed E-state index contributed by atoms with van der Waals surface area (Å²) in [6.45, 7) is 1.96. The number of aliphatic hydroxyl groups excluding tert-OH is 7. The van der Waals surface area contributed by atoms with Gasteiger partial charge in [0.2, 0.25) is 0 Å². The standard InChI is InChI=1S/C30H58O12/c1-2-3-4-5-6-7-8-9-10-11-12-13-14-15-16-38-17-18-39-29-27(37)25(35)28(22(20-32)41-29)42-30-26(36)24(34)23(33)21(19-31)40-30/h21-37H,2-20H2,1H3/t21-,22-,23-,24+,25-,26-,27-,28-,29+,30-/m1/s1. The van der Waals surface area contributed by atoms with Crippen molar-refractivity contribution < 1.29 is 59.4 Å². The third-order valence-corrected chi connectivity index (χ3v) is 8.11. The molecule has 2 aliphatic rings. The van der Waals surface area contributed by atoms with E-state index in [1.54, 1.807) is 0 Å². The third-order valence-electron chi connectivity index (χ3n) is 8.11. The highest BCUT2D eigenvalue weighted by Crippen LogP contribution is 2.29. The Bertz CT molecular complexity index is 654. The molecule has 2 aliphatic heterocycles. The van der Waals surface area contributed by atoms with Gasteiger partial charge in [0.25, 0.3) is 0 Å². The highest BCUT2D eigenvalue weighted by atomic mass is 16.7. The molecule has 7 N–H and O–H groups in total. The minimum atomic E-state index is -1.71. The quantitative estimate of drug-likeness (QED) is 0.0819. The molecule has 2 fully saturated rings. The number of unbranched alkanes of at least 4 members (excludes halogenated alkanes) is 13. The van der Waals surface area contributed by atoms with Crippen LogP contribution in [0.15, 0.2) is 0 Å². The molecule has 0 saturated carbocycles. The molecule has 0 amide bonds. The van der Waals surface area contributed by atoms with Crippen LogP contribution in [0.5, 0.6) is 0 Å². The molecule has 0 aromatic heterocycles. The van der Waals surface area contributed by atoms with Gasteiger partial charge in [-0.1, -0.05) is 90.4 Å². The second-order valence-electron chi connectivity index (χ2n) is 11.6. The van der Waals surface area contributed by atoms with Crippen LogP contribution in [0.1, 0.15) is 96.8 Å². The Morgan fingerprint density at radius 1 is 0.500 bits per heavy atom. The Kier molecular flexibility index (Phi) is 19.8. The number of hydrogen-bond donors (Lipinski definition) is 7. The molecule has 0 unspecified atom stereocenters. The largest absolute Gasteiger partial charge is 0.394 e. The van der Waals surface area contributed by atoms with Crippen LogP contribution in [0.2, 0.25) is 0 Å². The van der Waals surface area contributed by atoms with Crippen LogP contribution in [-0.2, 0) is 23.7 Å². The average Bonchev–Trinajstić information content (AvgIpc) is 2.99. The molecular formula is C30H58O12. The van der Waals surface area contributed by atoms with Gasteiger partial charge in [-0.05, 0) is 6.42 Å². The van der Waals surface area contributed by atoms with Gasteiger partial charge in [0.1, 0.15) is 48.8 Å². The first kappa shape index (κ1) is 37.7. The van der Waals surface area contributed by atoms with Crippen molar-refractivity contribution in [2.75, 3.05) is 33.0 Å². The van der Waals surface area contributed by atoms with E-state index in [1.807, 2.05) is 0 Å². The Morgan fingerprint density at radius 3 is 1.55 bits per heavy atom. The minimum absolute atomic E-state index is 0.101.